The molecule has 1 aromatic carbocycles. The molecular weight excluding hydrogens is 270 g/mol. The van der Waals surface area contributed by atoms with E-state index in [1.54, 1.807) is 6.07 Å². The summed E-state index contributed by atoms with van der Waals surface area (Å²) in [5.41, 5.74) is 0.671. The lowest BCUT2D eigenvalue weighted by Crippen LogP contribution is -2.47. The summed E-state index contributed by atoms with van der Waals surface area (Å²) in [6, 6.07) is 7.36. The standard InChI is InChI=1S/C16H21NO4/c1-2-19-14-5-3-4-13(12-14)15(18)17-8-6-16(7-9-17)20-10-11-21-16/h3-5,12H,2,6-11H2,1H3. The van der Waals surface area contributed by atoms with Crippen molar-refractivity contribution in [2.24, 2.45) is 0 Å². The molecule has 114 valence electrons. The number of carbonyl (C=O) groups is 1. The Morgan fingerprint density at radius 2 is 2.00 bits per heavy atom. The van der Waals surface area contributed by atoms with Crippen molar-refractivity contribution in [2.45, 2.75) is 25.6 Å². The summed E-state index contributed by atoms with van der Waals surface area (Å²) in [6.07, 6.45) is 1.48. The van der Waals surface area contributed by atoms with E-state index < -0.39 is 5.79 Å². The lowest BCUT2D eigenvalue weighted by molar-refractivity contribution is -0.181. The van der Waals surface area contributed by atoms with Gasteiger partial charge in [0.1, 0.15) is 5.75 Å². The van der Waals surface area contributed by atoms with Gasteiger partial charge in [-0.25, -0.2) is 0 Å². The number of rotatable bonds is 3. The number of carbonyl (C=O) groups excluding carboxylic acids is 1. The number of hydrogen-bond acceptors (Lipinski definition) is 4. The molecule has 0 aromatic heterocycles. The van der Waals surface area contributed by atoms with Crippen LogP contribution < -0.4 is 4.74 Å². The number of piperidine rings is 1. The van der Waals surface area contributed by atoms with Gasteiger partial charge in [-0.3, -0.25) is 4.79 Å². The van der Waals surface area contributed by atoms with E-state index in [9.17, 15) is 4.79 Å². The van der Waals surface area contributed by atoms with Crippen molar-refractivity contribution in [2.75, 3.05) is 32.9 Å². The van der Waals surface area contributed by atoms with Crippen LogP contribution in [0.1, 0.15) is 30.1 Å². The summed E-state index contributed by atoms with van der Waals surface area (Å²) >= 11 is 0. The Labute approximate surface area is 124 Å². The average Bonchev–Trinajstić information content (AvgIpc) is 2.96. The third-order valence-corrected chi connectivity index (χ3v) is 4.02. The molecule has 5 nitrogen and oxygen atoms in total. The van der Waals surface area contributed by atoms with Crippen molar-refractivity contribution < 1.29 is 19.0 Å². The smallest absolute Gasteiger partial charge is 0.253 e. The van der Waals surface area contributed by atoms with E-state index in [0.29, 0.717) is 38.5 Å². The highest BCUT2D eigenvalue weighted by molar-refractivity contribution is 5.94. The van der Waals surface area contributed by atoms with E-state index in [4.69, 9.17) is 14.2 Å². The predicted octanol–water partition coefficient (Wildman–Crippen LogP) is 2.06. The highest BCUT2D eigenvalue weighted by Gasteiger charge is 2.40. The van der Waals surface area contributed by atoms with E-state index in [-0.39, 0.29) is 5.91 Å². The number of nitrogens with zero attached hydrogens (tertiary/aromatic N) is 1. The molecule has 0 bridgehead atoms. The van der Waals surface area contributed by atoms with Crippen LogP contribution in [0, 0.1) is 0 Å². The van der Waals surface area contributed by atoms with Crippen LogP contribution in [0.3, 0.4) is 0 Å². The minimum atomic E-state index is -0.441. The van der Waals surface area contributed by atoms with Crippen molar-refractivity contribution in [3.63, 3.8) is 0 Å². The molecule has 2 fully saturated rings. The molecule has 0 saturated carbocycles. The van der Waals surface area contributed by atoms with Crippen LogP contribution in [0.15, 0.2) is 24.3 Å². The number of likely N-dealkylation sites (tertiary alicyclic amines) is 1. The minimum Gasteiger partial charge on any atom is -0.494 e. The molecule has 3 rings (SSSR count). The Hall–Kier alpha value is -1.59. The Morgan fingerprint density at radius 1 is 1.29 bits per heavy atom. The van der Waals surface area contributed by atoms with Crippen molar-refractivity contribution in [1.82, 2.24) is 4.90 Å². The van der Waals surface area contributed by atoms with Gasteiger partial charge in [0.25, 0.3) is 5.91 Å². The molecule has 2 saturated heterocycles. The Bertz CT molecular complexity index is 501. The molecule has 2 heterocycles. The lowest BCUT2D eigenvalue weighted by atomic mass is 10.0. The van der Waals surface area contributed by atoms with Crippen LogP contribution in [0.4, 0.5) is 0 Å². The van der Waals surface area contributed by atoms with Crippen molar-refractivity contribution in [3.8, 4) is 5.75 Å². The first-order valence-electron chi connectivity index (χ1n) is 7.52. The van der Waals surface area contributed by atoms with Crippen LogP contribution in [-0.4, -0.2) is 49.5 Å². The SMILES string of the molecule is CCOc1cccc(C(=O)N2CCC3(CC2)OCCO3)c1. The number of ether oxygens (including phenoxy) is 3. The zero-order valence-electron chi connectivity index (χ0n) is 12.3. The van der Waals surface area contributed by atoms with E-state index in [1.807, 2.05) is 30.0 Å². The third-order valence-electron chi connectivity index (χ3n) is 4.02. The number of amides is 1. The number of hydrogen-bond donors (Lipinski definition) is 0. The van der Waals surface area contributed by atoms with Crippen LogP contribution in [0.5, 0.6) is 5.75 Å². The van der Waals surface area contributed by atoms with E-state index >= 15 is 0 Å². The molecule has 21 heavy (non-hydrogen) atoms. The van der Waals surface area contributed by atoms with Crippen molar-refractivity contribution in [1.29, 1.82) is 0 Å². The fraction of sp³-hybridized carbons (Fsp3) is 0.562. The van der Waals surface area contributed by atoms with Gasteiger partial charge in [-0.05, 0) is 25.1 Å². The normalized spacial score (nSPS) is 20.7. The van der Waals surface area contributed by atoms with Crippen molar-refractivity contribution in [3.05, 3.63) is 29.8 Å². The highest BCUT2D eigenvalue weighted by Crippen LogP contribution is 2.31. The van der Waals surface area contributed by atoms with E-state index in [1.165, 1.54) is 0 Å². The molecule has 0 N–H and O–H groups in total. The molecule has 2 aliphatic rings. The van der Waals surface area contributed by atoms with Crippen LogP contribution >= 0.6 is 0 Å². The van der Waals surface area contributed by atoms with Gasteiger partial charge in [0.2, 0.25) is 0 Å². The first kappa shape index (κ1) is 14.4. The average molecular weight is 291 g/mol. The fourth-order valence-electron chi connectivity index (χ4n) is 2.90. The van der Waals surface area contributed by atoms with E-state index in [2.05, 4.69) is 0 Å². The molecule has 0 atom stereocenters. The lowest BCUT2D eigenvalue weighted by Gasteiger charge is -2.37. The summed E-state index contributed by atoms with van der Waals surface area (Å²) in [4.78, 5) is 14.4. The molecule has 5 heteroatoms. The minimum absolute atomic E-state index is 0.0457. The van der Waals surface area contributed by atoms with Crippen molar-refractivity contribution >= 4 is 5.91 Å². The number of benzene rings is 1. The molecule has 0 unspecified atom stereocenters. The predicted molar refractivity (Wildman–Crippen MR) is 77.4 cm³/mol. The van der Waals surface area contributed by atoms with Gasteiger partial charge in [-0.2, -0.15) is 0 Å². The third kappa shape index (κ3) is 3.04. The van der Waals surface area contributed by atoms with Gasteiger partial charge in [-0.15, -0.1) is 0 Å². The maximum Gasteiger partial charge on any atom is 0.253 e. The summed E-state index contributed by atoms with van der Waals surface area (Å²) < 4.78 is 16.8. The fourth-order valence-corrected chi connectivity index (χ4v) is 2.90. The molecule has 1 aromatic rings. The quantitative estimate of drug-likeness (QED) is 0.855. The first-order chi connectivity index (χ1) is 10.2. The van der Waals surface area contributed by atoms with Gasteiger partial charge >= 0.3 is 0 Å². The van der Waals surface area contributed by atoms with Crippen LogP contribution in [-0.2, 0) is 9.47 Å². The van der Waals surface area contributed by atoms with Gasteiger partial charge in [0.15, 0.2) is 5.79 Å². The Kier molecular flexibility index (Phi) is 4.12. The molecule has 1 spiro atoms. The largest absolute Gasteiger partial charge is 0.494 e. The molecule has 1 amide bonds. The van der Waals surface area contributed by atoms with Gasteiger partial charge < -0.3 is 19.1 Å². The highest BCUT2D eigenvalue weighted by atomic mass is 16.7. The van der Waals surface area contributed by atoms with Gasteiger partial charge in [0, 0.05) is 31.5 Å². The summed E-state index contributed by atoms with van der Waals surface area (Å²) in [6.45, 7) is 5.17. The van der Waals surface area contributed by atoms with Crippen LogP contribution in [0.2, 0.25) is 0 Å². The first-order valence-corrected chi connectivity index (χ1v) is 7.52. The van der Waals surface area contributed by atoms with E-state index in [0.717, 1.165) is 18.6 Å². The maximum atomic E-state index is 12.5. The van der Waals surface area contributed by atoms with Gasteiger partial charge in [-0.1, -0.05) is 6.07 Å². The Balaban J connectivity index is 1.64. The molecule has 2 aliphatic heterocycles. The zero-order valence-corrected chi connectivity index (χ0v) is 12.3. The second kappa shape index (κ2) is 6.03. The van der Waals surface area contributed by atoms with Crippen LogP contribution in [0.25, 0.3) is 0 Å². The topological polar surface area (TPSA) is 48.0 Å². The monoisotopic (exact) mass is 291 g/mol. The maximum absolute atomic E-state index is 12.5. The summed E-state index contributed by atoms with van der Waals surface area (Å²) in [5.74, 6) is 0.341. The zero-order chi connectivity index (χ0) is 14.7. The summed E-state index contributed by atoms with van der Waals surface area (Å²) in [7, 11) is 0. The second-order valence-corrected chi connectivity index (χ2v) is 5.36. The Morgan fingerprint density at radius 3 is 2.67 bits per heavy atom. The van der Waals surface area contributed by atoms with Gasteiger partial charge in [0.05, 0.1) is 19.8 Å². The molecule has 0 aliphatic carbocycles. The summed E-state index contributed by atoms with van der Waals surface area (Å²) in [5, 5.41) is 0. The molecular formula is C16H21NO4. The molecule has 0 radical (unpaired) electrons. The second-order valence-electron chi connectivity index (χ2n) is 5.36.